The predicted octanol–water partition coefficient (Wildman–Crippen LogP) is 6.19. The molecule has 1 aliphatic carbocycles. The van der Waals surface area contributed by atoms with Crippen molar-refractivity contribution in [2.24, 2.45) is 11.7 Å². The first-order chi connectivity index (χ1) is 14.5. The Kier molecular flexibility index (Phi) is 7.63. The van der Waals surface area contributed by atoms with Gasteiger partial charge in [0.05, 0.1) is 12.7 Å². The monoisotopic (exact) mass is 410 g/mol. The first kappa shape index (κ1) is 22.5. The fraction of sp³-hybridized carbons (Fsp3) is 0.577. The van der Waals surface area contributed by atoms with Crippen molar-refractivity contribution in [3.63, 3.8) is 0 Å². The molecule has 0 aliphatic heterocycles. The molecule has 0 radical (unpaired) electrons. The smallest absolute Gasteiger partial charge is 0.251 e. The van der Waals surface area contributed by atoms with E-state index in [9.17, 15) is 4.79 Å². The molecule has 1 saturated carbocycles. The van der Waals surface area contributed by atoms with E-state index in [2.05, 4.69) is 37.5 Å². The number of nitrogens with zero attached hydrogens (tertiary/aromatic N) is 1. The highest BCUT2D eigenvalue weighted by Gasteiger charge is 2.26. The molecular formula is C26H38N2O2. The van der Waals surface area contributed by atoms with Crippen molar-refractivity contribution in [1.29, 1.82) is 0 Å². The maximum Gasteiger partial charge on any atom is 0.251 e. The number of nitrogens with two attached hydrogens (primary N) is 1. The second-order valence-corrected chi connectivity index (χ2v) is 8.90. The number of aryl methyl sites for hydroxylation is 1. The van der Waals surface area contributed by atoms with Crippen LogP contribution in [-0.4, -0.2) is 17.6 Å². The van der Waals surface area contributed by atoms with E-state index < -0.39 is 0 Å². The molecule has 1 fully saturated rings. The molecule has 2 N–H and O–H groups in total. The van der Waals surface area contributed by atoms with Crippen molar-refractivity contribution in [1.82, 2.24) is 4.57 Å². The number of hydrogen-bond acceptors (Lipinski definition) is 2. The summed E-state index contributed by atoms with van der Waals surface area (Å²) in [4.78, 5) is 12.6. The minimum Gasteiger partial charge on any atom is -0.496 e. The second kappa shape index (κ2) is 10.2. The minimum atomic E-state index is -0.324. The number of carbonyl (C=O) groups is 1. The number of amides is 1. The van der Waals surface area contributed by atoms with Gasteiger partial charge >= 0.3 is 0 Å². The molecule has 4 heteroatoms. The van der Waals surface area contributed by atoms with Crippen molar-refractivity contribution in [2.45, 2.75) is 85.1 Å². The van der Waals surface area contributed by atoms with Gasteiger partial charge in [0.15, 0.2) is 0 Å². The van der Waals surface area contributed by atoms with Crippen LogP contribution in [0.2, 0.25) is 0 Å². The average molecular weight is 411 g/mol. The Balaban J connectivity index is 2.13. The second-order valence-electron chi connectivity index (χ2n) is 8.90. The zero-order valence-corrected chi connectivity index (χ0v) is 19.2. The van der Waals surface area contributed by atoms with E-state index >= 15 is 0 Å². The number of carbonyl (C=O) groups excluding carboxylic acids is 1. The third-order valence-electron chi connectivity index (χ3n) is 6.74. The summed E-state index contributed by atoms with van der Waals surface area (Å²) in [6, 6.07) is 6.20. The topological polar surface area (TPSA) is 57.2 Å². The van der Waals surface area contributed by atoms with Gasteiger partial charge in [0, 0.05) is 23.5 Å². The Morgan fingerprint density at radius 3 is 2.50 bits per heavy atom. The van der Waals surface area contributed by atoms with E-state index in [1.54, 1.807) is 7.11 Å². The highest BCUT2D eigenvalue weighted by atomic mass is 16.5. The minimum absolute atomic E-state index is 0.324. The molecule has 4 nitrogen and oxygen atoms in total. The number of unbranched alkanes of at least 4 members (excludes halogenated alkanes) is 2. The van der Waals surface area contributed by atoms with Crippen LogP contribution in [0.1, 0.15) is 85.6 Å². The summed E-state index contributed by atoms with van der Waals surface area (Å²) in [5.41, 5.74) is 12.1. The molecule has 1 aromatic carbocycles. The van der Waals surface area contributed by atoms with Crippen molar-refractivity contribution in [3.05, 3.63) is 40.7 Å². The van der Waals surface area contributed by atoms with Gasteiger partial charge in [0.2, 0.25) is 0 Å². The van der Waals surface area contributed by atoms with Crippen molar-refractivity contribution in [2.75, 3.05) is 7.11 Å². The summed E-state index contributed by atoms with van der Waals surface area (Å²) in [6.07, 6.45) is 11.1. The van der Waals surface area contributed by atoms with Gasteiger partial charge in [0.1, 0.15) is 5.75 Å². The molecule has 164 valence electrons. The summed E-state index contributed by atoms with van der Waals surface area (Å²) in [6.45, 7) is 7.36. The van der Waals surface area contributed by atoms with Crippen LogP contribution in [-0.2, 0) is 13.0 Å². The molecule has 0 saturated heterocycles. The number of primary amides is 1. The molecule has 0 atom stereocenters. The molecule has 0 unspecified atom stereocenters. The van der Waals surface area contributed by atoms with Gasteiger partial charge < -0.3 is 15.0 Å². The highest BCUT2D eigenvalue weighted by Crippen LogP contribution is 2.37. The van der Waals surface area contributed by atoms with Gasteiger partial charge in [-0.1, -0.05) is 45.1 Å². The number of methoxy groups -OCH3 is 1. The third kappa shape index (κ3) is 4.74. The fourth-order valence-electron chi connectivity index (χ4n) is 5.12. The lowest BCUT2D eigenvalue weighted by Gasteiger charge is -2.24. The molecule has 1 amide bonds. The maximum absolute atomic E-state index is 12.6. The molecule has 1 heterocycles. The lowest BCUT2D eigenvalue weighted by molar-refractivity contribution is 0.1000. The molecular weight excluding hydrogens is 372 g/mol. The van der Waals surface area contributed by atoms with Crippen molar-refractivity contribution in [3.8, 4) is 16.9 Å². The summed E-state index contributed by atoms with van der Waals surface area (Å²) >= 11 is 0. The number of benzene rings is 1. The van der Waals surface area contributed by atoms with Crippen LogP contribution >= 0.6 is 0 Å². The standard InChI is InChI=1S/C26H38N2O2/c1-5-6-8-13-22-25(21-14-15-23(30-4)18(2)16-21)24(26(27)29)19(3)28(22)17-20-11-9-7-10-12-20/h14-16,20H,5-13,17H2,1-4H3,(H2,27,29). The largest absolute Gasteiger partial charge is 0.496 e. The van der Waals surface area contributed by atoms with E-state index in [1.165, 1.54) is 50.6 Å². The number of hydrogen-bond donors (Lipinski definition) is 1. The Labute approximate surface area is 181 Å². The quantitative estimate of drug-likeness (QED) is 0.501. The van der Waals surface area contributed by atoms with E-state index in [-0.39, 0.29) is 5.91 Å². The molecule has 1 aromatic heterocycles. The molecule has 0 bridgehead atoms. The fourth-order valence-corrected chi connectivity index (χ4v) is 5.12. The summed E-state index contributed by atoms with van der Waals surface area (Å²) in [7, 11) is 1.69. The van der Waals surface area contributed by atoms with Gasteiger partial charge in [-0.15, -0.1) is 0 Å². The van der Waals surface area contributed by atoms with Crippen LogP contribution < -0.4 is 10.5 Å². The van der Waals surface area contributed by atoms with Gasteiger partial charge in [0.25, 0.3) is 5.91 Å². The van der Waals surface area contributed by atoms with Gasteiger partial charge in [-0.2, -0.15) is 0 Å². The molecule has 3 rings (SSSR count). The van der Waals surface area contributed by atoms with E-state index in [4.69, 9.17) is 10.5 Å². The van der Waals surface area contributed by atoms with E-state index in [0.717, 1.165) is 47.5 Å². The Bertz CT molecular complexity index is 876. The lowest BCUT2D eigenvalue weighted by atomic mass is 9.89. The number of ether oxygens (including phenoxy) is 1. The van der Waals surface area contributed by atoms with Crippen molar-refractivity contribution < 1.29 is 9.53 Å². The molecule has 0 spiro atoms. The average Bonchev–Trinajstić information content (AvgIpc) is 3.01. The SMILES string of the molecule is CCCCCc1c(-c2ccc(OC)c(C)c2)c(C(N)=O)c(C)n1CC1CCCCC1. The van der Waals surface area contributed by atoms with Gasteiger partial charge in [-0.3, -0.25) is 4.79 Å². The molecule has 2 aromatic rings. The highest BCUT2D eigenvalue weighted by molar-refractivity contribution is 6.02. The first-order valence-corrected chi connectivity index (χ1v) is 11.6. The zero-order valence-electron chi connectivity index (χ0n) is 19.2. The normalized spacial score (nSPS) is 14.8. The van der Waals surface area contributed by atoms with Crippen LogP contribution in [0.5, 0.6) is 5.75 Å². The summed E-state index contributed by atoms with van der Waals surface area (Å²) in [5.74, 6) is 1.24. The van der Waals surface area contributed by atoms with Crippen molar-refractivity contribution >= 4 is 5.91 Å². The van der Waals surface area contributed by atoms with Crippen LogP contribution in [0.4, 0.5) is 0 Å². The van der Waals surface area contributed by atoms with Crippen LogP contribution in [0, 0.1) is 19.8 Å². The number of rotatable bonds is 9. The summed E-state index contributed by atoms with van der Waals surface area (Å²) < 4.78 is 7.89. The Morgan fingerprint density at radius 1 is 1.17 bits per heavy atom. The third-order valence-corrected chi connectivity index (χ3v) is 6.74. The lowest BCUT2D eigenvalue weighted by Crippen LogP contribution is -2.18. The van der Waals surface area contributed by atoms with Crippen LogP contribution in [0.25, 0.3) is 11.1 Å². The van der Waals surface area contributed by atoms with Gasteiger partial charge in [-0.25, -0.2) is 0 Å². The summed E-state index contributed by atoms with van der Waals surface area (Å²) in [5, 5.41) is 0. The Hall–Kier alpha value is -2.23. The zero-order chi connectivity index (χ0) is 21.7. The molecule has 1 aliphatic rings. The predicted molar refractivity (Wildman–Crippen MR) is 124 cm³/mol. The van der Waals surface area contributed by atoms with Crippen LogP contribution in [0.3, 0.4) is 0 Å². The first-order valence-electron chi connectivity index (χ1n) is 11.6. The van der Waals surface area contributed by atoms with Crippen LogP contribution in [0.15, 0.2) is 18.2 Å². The molecule has 30 heavy (non-hydrogen) atoms. The Morgan fingerprint density at radius 2 is 1.90 bits per heavy atom. The van der Waals surface area contributed by atoms with E-state index in [0.29, 0.717) is 11.5 Å². The van der Waals surface area contributed by atoms with E-state index in [1.807, 2.05) is 6.07 Å². The van der Waals surface area contributed by atoms with Gasteiger partial charge in [-0.05, 0) is 68.7 Å². The maximum atomic E-state index is 12.6. The number of aromatic nitrogens is 1.